The molecule has 0 aliphatic heterocycles. The van der Waals surface area contributed by atoms with Crippen molar-refractivity contribution in [3.8, 4) is 11.5 Å². The van der Waals surface area contributed by atoms with Crippen LogP contribution in [0.25, 0.3) is 0 Å². The van der Waals surface area contributed by atoms with Crippen molar-refractivity contribution in [3.63, 3.8) is 0 Å². The summed E-state index contributed by atoms with van der Waals surface area (Å²) in [5.74, 6) is -0.404. The Hall–Kier alpha value is -1.27. The largest absolute Gasteiger partial charge is 0.508 e. The van der Waals surface area contributed by atoms with Gasteiger partial charge in [-0.25, -0.2) is 13.6 Å². The van der Waals surface area contributed by atoms with Gasteiger partial charge in [0.05, 0.1) is 5.75 Å². The summed E-state index contributed by atoms with van der Waals surface area (Å²) < 4.78 is 22.1. The quantitative estimate of drug-likeness (QED) is 0.681. The maximum absolute atomic E-state index is 11.1. The van der Waals surface area contributed by atoms with Crippen molar-refractivity contribution in [1.82, 2.24) is 0 Å². The van der Waals surface area contributed by atoms with Crippen LogP contribution < -0.4 is 5.14 Å². The van der Waals surface area contributed by atoms with Gasteiger partial charge in [0.15, 0.2) is 0 Å². The molecule has 0 unspecified atom stereocenters. The first-order valence-corrected chi connectivity index (χ1v) is 6.36. The molecule has 1 aromatic carbocycles. The van der Waals surface area contributed by atoms with E-state index in [1.807, 2.05) is 0 Å². The van der Waals surface area contributed by atoms with Crippen molar-refractivity contribution in [3.05, 3.63) is 23.8 Å². The Bertz CT molecular complexity index is 494. The third kappa shape index (κ3) is 3.11. The molecule has 5 nitrogen and oxygen atoms in total. The molecule has 0 bridgehead atoms. The van der Waals surface area contributed by atoms with Crippen molar-refractivity contribution >= 4 is 10.0 Å². The highest BCUT2D eigenvalue weighted by molar-refractivity contribution is 7.89. The molecule has 0 radical (unpaired) electrons. The fourth-order valence-electron chi connectivity index (χ4n) is 1.65. The topological polar surface area (TPSA) is 101 Å². The average molecular weight is 245 g/mol. The maximum Gasteiger partial charge on any atom is 0.209 e. The summed E-state index contributed by atoms with van der Waals surface area (Å²) in [6, 6.07) is 3.97. The van der Waals surface area contributed by atoms with E-state index >= 15 is 0 Å². The number of sulfonamides is 1. The molecule has 0 aliphatic carbocycles. The van der Waals surface area contributed by atoms with E-state index in [4.69, 9.17) is 5.14 Å². The van der Waals surface area contributed by atoms with Crippen LogP contribution in [-0.2, 0) is 15.4 Å². The molecule has 0 saturated carbocycles. The van der Waals surface area contributed by atoms with Crippen molar-refractivity contribution in [1.29, 1.82) is 0 Å². The van der Waals surface area contributed by atoms with Gasteiger partial charge in [0.1, 0.15) is 11.5 Å². The lowest BCUT2D eigenvalue weighted by Gasteiger charge is -2.24. The van der Waals surface area contributed by atoms with E-state index in [0.29, 0.717) is 5.56 Å². The highest BCUT2D eigenvalue weighted by atomic mass is 32.2. The second-order valence-electron chi connectivity index (χ2n) is 4.39. The molecule has 0 spiro atoms. The van der Waals surface area contributed by atoms with Crippen LogP contribution in [0, 0.1) is 0 Å². The molecule has 16 heavy (non-hydrogen) atoms. The predicted octanol–water partition coefficient (Wildman–Crippen LogP) is 0.664. The number of phenols is 2. The smallest absolute Gasteiger partial charge is 0.209 e. The second kappa shape index (κ2) is 3.95. The predicted molar refractivity (Wildman–Crippen MR) is 60.8 cm³/mol. The van der Waals surface area contributed by atoms with Gasteiger partial charge in [-0.05, 0) is 18.2 Å². The number of hydrogen-bond donors (Lipinski definition) is 3. The van der Waals surface area contributed by atoms with Crippen LogP contribution in [0.1, 0.15) is 19.4 Å². The van der Waals surface area contributed by atoms with E-state index in [1.54, 1.807) is 13.8 Å². The molecule has 0 fully saturated rings. The van der Waals surface area contributed by atoms with Crippen molar-refractivity contribution in [2.45, 2.75) is 19.3 Å². The molecule has 4 N–H and O–H groups in total. The Morgan fingerprint density at radius 1 is 1.31 bits per heavy atom. The van der Waals surface area contributed by atoms with E-state index in [1.165, 1.54) is 18.2 Å². The fraction of sp³-hybridized carbons (Fsp3) is 0.400. The Kier molecular flexibility index (Phi) is 3.16. The summed E-state index contributed by atoms with van der Waals surface area (Å²) in [6.07, 6.45) is 0. The minimum absolute atomic E-state index is 0.0321. The zero-order valence-corrected chi connectivity index (χ0v) is 9.95. The maximum atomic E-state index is 11.1. The van der Waals surface area contributed by atoms with Crippen LogP contribution in [0.2, 0.25) is 0 Å². The van der Waals surface area contributed by atoms with Gasteiger partial charge in [-0.2, -0.15) is 0 Å². The van der Waals surface area contributed by atoms with Crippen LogP contribution in [-0.4, -0.2) is 24.4 Å². The van der Waals surface area contributed by atoms with Gasteiger partial charge in [0.2, 0.25) is 10.0 Å². The van der Waals surface area contributed by atoms with Crippen molar-refractivity contribution in [2.75, 3.05) is 5.75 Å². The number of aromatic hydroxyl groups is 2. The van der Waals surface area contributed by atoms with Gasteiger partial charge < -0.3 is 10.2 Å². The molecule has 0 amide bonds. The number of benzene rings is 1. The molecule has 0 saturated heterocycles. The summed E-state index contributed by atoms with van der Waals surface area (Å²) in [6.45, 7) is 3.26. The van der Waals surface area contributed by atoms with Crippen LogP contribution in [0.3, 0.4) is 0 Å². The van der Waals surface area contributed by atoms with E-state index in [-0.39, 0.29) is 17.3 Å². The first-order valence-electron chi connectivity index (χ1n) is 4.65. The summed E-state index contributed by atoms with van der Waals surface area (Å²) in [7, 11) is -3.65. The minimum atomic E-state index is -3.65. The van der Waals surface area contributed by atoms with Gasteiger partial charge in [-0.15, -0.1) is 0 Å². The van der Waals surface area contributed by atoms with Crippen LogP contribution in [0.5, 0.6) is 11.5 Å². The lowest BCUT2D eigenvalue weighted by atomic mass is 9.86. The molecule has 6 heteroatoms. The van der Waals surface area contributed by atoms with Crippen molar-refractivity contribution < 1.29 is 18.6 Å². The number of primary sulfonamides is 1. The molecule has 0 aliphatic rings. The highest BCUT2D eigenvalue weighted by Crippen LogP contribution is 2.34. The molecule has 1 aromatic rings. The minimum Gasteiger partial charge on any atom is -0.508 e. The summed E-state index contributed by atoms with van der Waals surface area (Å²) in [5, 5.41) is 23.9. The van der Waals surface area contributed by atoms with Gasteiger partial charge in [0, 0.05) is 11.0 Å². The number of phenolic OH excluding ortho intramolecular Hbond substituents is 2. The van der Waals surface area contributed by atoms with Gasteiger partial charge in [-0.1, -0.05) is 13.8 Å². The van der Waals surface area contributed by atoms with Gasteiger partial charge in [0.25, 0.3) is 0 Å². The van der Waals surface area contributed by atoms with E-state index in [9.17, 15) is 18.6 Å². The fourth-order valence-corrected chi connectivity index (χ4v) is 2.81. The summed E-state index contributed by atoms with van der Waals surface area (Å²) in [5.41, 5.74) is -0.516. The summed E-state index contributed by atoms with van der Waals surface area (Å²) >= 11 is 0. The highest BCUT2D eigenvalue weighted by Gasteiger charge is 2.29. The molecular formula is C10H15NO4S. The first-order chi connectivity index (χ1) is 7.12. The lowest BCUT2D eigenvalue weighted by Crippen LogP contribution is -2.32. The molecule has 0 atom stereocenters. The Labute approximate surface area is 94.6 Å². The van der Waals surface area contributed by atoms with Gasteiger partial charge >= 0.3 is 0 Å². The van der Waals surface area contributed by atoms with Gasteiger partial charge in [-0.3, -0.25) is 0 Å². The Balaban J connectivity index is 3.21. The molecular weight excluding hydrogens is 230 g/mol. The third-order valence-corrected chi connectivity index (χ3v) is 3.40. The van der Waals surface area contributed by atoms with Crippen LogP contribution in [0.4, 0.5) is 0 Å². The second-order valence-corrected chi connectivity index (χ2v) is 6.01. The normalized spacial score (nSPS) is 12.7. The van der Waals surface area contributed by atoms with E-state index in [2.05, 4.69) is 0 Å². The standard InChI is InChI=1S/C10H15NO4S/c1-10(2,6-16(11,14)15)8-5-7(12)3-4-9(8)13/h3-5,12-13H,6H2,1-2H3,(H2,11,14,15). The zero-order chi connectivity index (χ0) is 12.6. The van der Waals surface area contributed by atoms with E-state index < -0.39 is 15.4 Å². The average Bonchev–Trinajstić information content (AvgIpc) is 2.04. The third-order valence-electron chi connectivity index (χ3n) is 2.27. The molecule has 1 rings (SSSR count). The lowest BCUT2D eigenvalue weighted by molar-refractivity contribution is 0.434. The van der Waals surface area contributed by atoms with E-state index in [0.717, 1.165) is 0 Å². The number of nitrogens with two attached hydrogens (primary N) is 1. The zero-order valence-electron chi connectivity index (χ0n) is 9.14. The monoisotopic (exact) mass is 245 g/mol. The SMILES string of the molecule is CC(C)(CS(N)(=O)=O)c1cc(O)ccc1O. The van der Waals surface area contributed by atoms with Crippen LogP contribution >= 0.6 is 0 Å². The van der Waals surface area contributed by atoms with Crippen LogP contribution in [0.15, 0.2) is 18.2 Å². The van der Waals surface area contributed by atoms with Crippen molar-refractivity contribution in [2.24, 2.45) is 5.14 Å². The number of hydrogen-bond acceptors (Lipinski definition) is 4. The molecule has 90 valence electrons. The molecule has 0 aromatic heterocycles. The first kappa shape index (κ1) is 12.8. The summed E-state index contributed by atoms with van der Waals surface area (Å²) in [4.78, 5) is 0. The Morgan fingerprint density at radius 2 is 1.88 bits per heavy atom. The Morgan fingerprint density at radius 3 is 2.38 bits per heavy atom. The molecule has 0 heterocycles. The number of rotatable bonds is 3.